The molecule has 0 saturated carbocycles. The first-order chi connectivity index (χ1) is 16.7. The first kappa shape index (κ1) is 25.2. The number of benzene rings is 3. The van der Waals surface area contributed by atoms with Crippen LogP contribution < -0.4 is 9.62 Å². The highest BCUT2D eigenvalue weighted by molar-refractivity contribution is 9.10. The van der Waals surface area contributed by atoms with Crippen LogP contribution in [-0.4, -0.2) is 33.4 Å². The largest absolute Gasteiger partial charge is 0.452 e. The number of carbonyl (C=O) groups is 2. The first-order valence-corrected chi connectivity index (χ1v) is 13.1. The molecule has 1 aliphatic heterocycles. The number of para-hydroxylation sites is 1. The summed E-state index contributed by atoms with van der Waals surface area (Å²) in [7, 11) is -3.99. The molecule has 0 saturated heterocycles. The van der Waals surface area contributed by atoms with E-state index in [1.54, 1.807) is 12.1 Å². The normalized spacial score (nSPS) is 13.2. The molecule has 4 rings (SSSR count). The van der Waals surface area contributed by atoms with Crippen molar-refractivity contribution in [2.45, 2.75) is 17.7 Å². The number of anilines is 2. The Morgan fingerprint density at radius 1 is 1.11 bits per heavy atom. The van der Waals surface area contributed by atoms with Gasteiger partial charge in [-0.25, -0.2) is 17.6 Å². The highest BCUT2D eigenvalue weighted by Gasteiger charge is 2.30. The third kappa shape index (κ3) is 5.50. The molecule has 0 aliphatic carbocycles. The number of amides is 1. The lowest BCUT2D eigenvalue weighted by molar-refractivity contribution is -0.119. The molecule has 182 valence electrons. The van der Waals surface area contributed by atoms with E-state index in [1.165, 1.54) is 34.6 Å². The molecule has 0 bridgehead atoms. The Kier molecular flexibility index (Phi) is 7.44. The molecule has 0 unspecified atom stereocenters. The van der Waals surface area contributed by atoms with Crippen molar-refractivity contribution in [3.63, 3.8) is 0 Å². The second-order valence-corrected chi connectivity index (χ2v) is 10.9. The van der Waals surface area contributed by atoms with Gasteiger partial charge in [0.25, 0.3) is 15.9 Å². The van der Waals surface area contributed by atoms with E-state index in [1.807, 2.05) is 12.1 Å². The smallest absolute Gasteiger partial charge is 0.340 e. The van der Waals surface area contributed by atoms with Crippen molar-refractivity contribution in [1.29, 1.82) is 0 Å². The van der Waals surface area contributed by atoms with Gasteiger partial charge < -0.3 is 10.1 Å². The molecular weight excluding hydrogens is 563 g/mol. The van der Waals surface area contributed by atoms with Crippen LogP contribution in [0.4, 0.5) is 15.8 Å². The average molecular weight is 582 g/mol. The zero-order valence-electron chi connectivity index (χ0n) is 18.1. The van der Waals surface area contributed by atoms with Crippen molar-refractivity contribution in [2.75, 3.05) is 22.8 Å². The lowest BCUT2D eigenvalue weighted by Crippen LogP contribution is -2.35. The molecule has 1 N–H and O–H groups in total. The summed E-state index contributed by atoms with van der Waals surface area (Å²) in [5.74, 6) is -2.43. The Hall–Kier alpha value is -2.95. The summed E-state index contributed by atoms with van der Waals surface area (Å²) in [5.41, 5.74) is 1.22. The molecule has 0 fully saturated rings. The van der Waals surface area contributed by atoms with Crippen LogP contribution in [0.25, 0.3) is 0 Å². The number of halogens is 3. The van der Waals surface area contributed by atoms with Crippen molar-refractivity contribution in [3.05, 3.63) is 87.1 Å². The second-order valence-electron chi connectivity index (χ2n) is 7.70. The summed E-state index contributed by atoms with van der Waals surface area (Å²) >= 11 is 9.24. The quantitative estimate of drug-likeness (QED) is 0.405. The topological polar surface area (TPSA) is 92.8 Å². The van der Waals surface area contributed by atoms with Gasteiger partial charge in [0.2, 0.25) is 0 Å². The Morgan fingerprint density at radius 2 is 1.89 bits per heavy atom. The highest BCUT2D eigenvalue weighted by Crippen LogP contribution is 2.33. The van der Waals surface area contributed by atoms with Crippen molar-refractivity contribution in [3.8, 4) is 0 Å². The summed E-state index contributed by atoms with van der Waals surface area (Å²) < 4.78 is 47.5. The van der Waals surface area contributed by atoms with Gasteiger partial charge in [-0.05, 0) is 60.9 Å². The zero-order chi connectivity index (χ0) is 25.2. The van der Waals surface area contributed by atoms with Crippen LogP contribution in [0, 0.1) is 5.82 Å². The van der Waals surface area contributed by atoms with E-state index in [-0.39, 0.29) is 21.2 Å². The van der Waals surface area contributed by atoms with Crippen LogP contribution in [0.2, 0.25) is 5.02 Å². The van der Waals surface area contributed by atoms with E-state index in [9.17, 15) is 22.4 Å². The van der Waals surface area contributed by atoms with Crippen LogP contribution in [-0.2, 0) is 26.0 Å². The van der Waals surface area contributed by atoms with E-state index < -0.39 is 34.3 Å². The van der Waals surface area contributed by atoms with Crippen molar-refractivity contribution in [1.82, 2.24) is 0 Å². The maximum absolute atomic E-state index is 13.9. The summed E-state index contributed by atoms with van der Waals surface area (Å²) in [4.78, 5) is 24.6. The predicted molar refractivity (Wildman–Crippen MR) is 134 cm³/mol. The van der Waals surface area contributed by atoms with Gasteiger partial charge in [-0.15, -0.1) is 0 Å². The lowest BCUT2D eigenvalue weighted by atomic mass is 10.0. The summed E-state index contributed by atoms with van der Waals surface area (Å²) in [6.07, 6.45) is 1.43. The Balaban J connectivity index is 1.50. The van der Waals surface area contributed by atoms with E-state index in [0.717, 1.165) is 18.1 Å². The fourth-order valence-corrected chi connectivity index (χ4v) is 5.78. The number of fused-ring (bicyclic) bond motifs is 1. The predicted octanol–water partition coefficient (Wildman–Crippen LogP) is 5.18. The van der Waals surface area contributed by atoms with Gasteiger partial charge in [-0.1, -0.05) is 45.7 Å². The van der Waals surface area contributed by atoms with Gasteiger partial charge in [0.1, 0.15) is 5.82 Å². The molecule has 0 spiro atoms. The summed E-state index contributed by atoms with van der Waals surface area (Å²) in [5, 5.41) is 2.26. The molecule has 0 aromatic heterocycles. The van der Waals surface area contributed by atoms with Crippen LogP contribution >= 0.6 is 27.5 Å². The molecule has 0 radical (unpaired) electrons. The third-order valence-electron chi connectivity index (χ3n) is 5.35. The molecule has 1 amide bonds. The molecule has 3 aromatic rings. The molecule has 3 aromatic carbocycles. The number of ether oxygens (including phenoxy) is 1. The van der Waals surface area contributed by atoms with Crippen LogP contribution in [0.1, 0.15) is 22.3 Å². The Bertz CT molecular complexity index is 1420. The molecule has 7 nitrogen and oxygen atoms in total. The van der Waals surface area contributed by atoms with Crippen LogP contribution in [0.3, 0.4) is 0 Å². The lowest BCUT2D eigenvalue weighted by Gasteiger charge is -2.30. The maximum Gasteiger partial charge on any atom is 0.340 e. The van der Waals surface area contributed by atoms with E-state index in [0.29, 0.717) is 23.1 Å². The van der Waals surface area contributed by atoms with Gasteiger partial charge in [0, 0.05) is 11.0 Å². The SMILES string of the molecule is O=C(COC(=O)c1cc(S(=O)(=O)N2CCCc3ccccc32)ccc1Cl)Nc1ccc(Br)cc1F. The Labute approximate surface area is 215 Å². The minimum absolute atomic E-state index is 0.0349. The minimum atomic E-state index is -3.99. The van der Waals surface area contributed by atoms with Gasteiger partial charge >= 0.3 is 5.97 Å². The van der Waals surface area contributed by atoms with Gasteiger partial charge in [-0.2, -0.15) is 0 Å². The number of hydrogen-bond acceptors (Lipinski definition) is 5. The van der Waals surface area contributed by atoms with Crippen molar-refractivity contribution < 1.29 is 27.1 Å². The van der Waals surface area contributed by atoms with Gasteiger partial charge in [0.05, 0.1) is 26.9 Å². The van der Waals surface area contributed by atoms with E-state index >= 15 is 0 Å². The number of esters is 1. The number of rotatable bonds is 6. The van der Waals surface area contributed by atoms with Gasteiger partial charge in [0.15, 0.2) is 6.61 Å². The third-order valence-corrected chi connectivity index (χ3v) is 7.98. The van der Waals surface area contributed by atoms with Gasteiger partial charge in [-0.3, -0.25) is 9.10 Å². The fraction of sp³-hybridized carbons (Fsp3) is 0.167. The second kappa shape index (κ2) is 10.3. The molecule has 1 heterocycles. The molecule has 35 heavy (non-hydrogen) atoms. The number of nitrogens with one attached hydrogen (secondary N) is 1. The summed E-state index contributed by atoms with van der Waals surface area (Å²) in [6.45, 7) is -0.421. The fourth-order valence-electron chi connectivity index (χ4n) is 3.68. The number of aryl methyl sites for hydroxylation is 1. The minimum Gasteiger partial charge on any atom is -0.452 e. The van der Waals surface area contributed by atoms with Crippen molar-refractivity contribution >= 4 is 60.8 Å². The Morgan fingerprint density at radius 3 is 2.66 bits per heavy atom. The number of nitrogens with zero attached hydrogens (tertiary/aromatic N) is 1. The average Bonchev–Trinajstić information content (AvgIpc) is 2.84. The monoisotopic (exact) mass is 580 g/mol. The zero-order valence-corrected chi connectivity index (χ0v) is 21.3. The van der Waals surface area contributed by atoms with Crippen molar-refractivity contribution in [2.24, 2.45) is 0 Å². The standard InChI is InChI=1S/C24H19BrClFN2O5S/c25-16-7-10-21(20(27)12-16)28-23(30)14-34-24(31)18-13-17(8-9-19(18)26)35(32,33)29-11-3-5-15-4-1-2-6-22(15)29/h1-2,4,6-10,12-13H,3,5,11,14H2,(H,28,30). The van der Waals surface area contributed by atoms with E-state index in [4.69, 9.17) is 16.3 Å². The number of hydrogen-bond donors (Lipinski definition) is 1. The van der Waals surface area contributed by atoms with Crippen LogP contribution in [0.15, 0.2) is 70.0 Å². The molecule has 0 atom stereocenters. The maximum atomic E-state index is 13.9. The molecular formula is C24H19BrClFN2O5S. The van der Waals surface area contributed by atoms with Crippen LogP contribution in [0.5, 0.6) is 0 Å². The number of sulfonamides is 1. The molecule has 11 heteroatoms. The summed E-state index contributed by atoms with van der Waals surface area (Å²) in [6, 6.07) is 15.0. The number of carbonyl (C=O) groups excluding carboxylic acids is 2. The van der Waals surface area contributed by atoms with E-state index in [2.05, 4.69) is 21.2 Å². The first-order valence-electron chi connectivity index (χ1n) is 10.5. The highest BCUT2D eigenvalue weighted by atomic mass is 79.9. The molecule has 1 aliphatic rings.